The zero-order valence-corrected chi connectivity index (χ0v) is 14.2. The molecule has 124 valence electrons. The molecule has 1 aromatic carbocycles. The molecule has 3 rings (SSSR count). The van der Waals surface area contributed by atoms with Crippen molar-refractivity contribution in [3.05, 3.63) is 35.2 Å². The summed E-state index contributed by atoms with van der Waals surface area (Å²) in [4.78, 5) is 6.90. The van der Waals surface area contributed by atoms with Crippen LogP contribution in [0.5, 0.6) is 0 Å². The summed E-state index contributed by atoms with van der Waals surface area (Å²) in [6.07, 6.45) is 3.77. The van der Waals surface area contributed by atoms with Crippen LogP contribution < -0.4 is 5.32 Å². The molecule has 0 spiro atoms. The van der Waals surface area contributed by atoms with Crippen LogP contribution in [0, 0.1) is 5.92 Å². The van der Waals surface area contributed by atoms with Crippen LogP contribution in [-0.2, 0) is 6.54 Å². The van der Waals surface area contributed by atoms with Gasteiger partial charge in [-0.05, 0) is 76.1 Å². The minimum absolute atomic E-state index is 0.626. The van der Waals surface area contributed by atoms with Crippen molar-refractivity contribution in [1.29, 1.82) is 0 Å². The third-order valence-corrected chi connectivity index (χ3v) is 4.69. The Morgan fingerprint density at radius 2 is 2.00 bits per heavy atom. The fraction of sp³-hybridized carbons (Fsp3) is 0.529. The number of aromatic nitrogens is 2. The lowest BCUT2D eigenvalue weighted by Gasteiger charge is -2.30. The number of nitrogens with one attached hydrogen (secondary N) is 1. The average Bonchev–Trinajstić information content (AvgIpc) is 3.03. The van der Waals surface area contributed by atoms with Crippen LogP contribution in [0.1, 0.15) is 25.2 Å². The summed E-state index contributed by atoms with van der Waals surface area (Å²) in [5.74, 6) is 2.15. The van der Waals surface area contributed by atoms with E-state index in [9.17, 15) is 0 Å². The van der Waals surface area contributed by atoms with Crippen molar-refractivity contribution in [2.45, 2.75) is 25.8 Å². The molecule has 0 saturated carbocycles. The Balaban J connectivity index is 1.53. The van der Waals surface area contributed by atoms with Crippen molar-refractivity contribution in [3.63, 3.8) is 0 Å². The summed E-state index contributed by atoms with van der Waals surface area (Å²) < 4.78 is 5.40. The minimum Gasteiger partial charge on any atom is -0.338 e. The molecule has 0 amide bonds. The lowest BCUT2D eigenvalue weighted by atomic mass is 9.93. The van der Waals surface area contributed by atoms with E-state index in [2.05, 4.69) is 20.4 Å². The van der Waals surface area contributed by atoms with E-state index in [1.54, 1.807) is 0 Å². The molecule has 5 nitrogen and oxygen atoms in total. The molecule has 1 aliphatic heterocycles. The molecule has 0 atom stereocenters. The second-order valence-corrected chi connectivity index (χ2v) is 6.57. The molecular formula is C17H23ClN4O. The number of likely N-dealkylation sites (tertiary alicyclic amines) is 1. The first-order valence-corrected chi connectivity index (χ1v) is 8.58. The summed E-state index contributed by atoms with van der Waals surface area (Å²) in [7, 11) is 2.02. The molecule has 1 fully saturated rings. The van der Waals surface area contributed by atoms with E-state index < -0.39 is 0 Å². The van der Waals surface area contributed by atoms with Crippen LogP contribution in [0.4, 0.5) is 0 Å². The highest BCUT2D eigenvalue weighted by molar-refractivity contribution is 6.30. The topological polar surface area (TPSA) is 54.2 Å². The molecule has 2 aromatic rings. The summed E-state index contributed by atoms with van der Waals surface area (Å²) in [5.41, 5.74) is 0.926. The molecule has 1 aromatic heterocycles. The number of nitrogens with zero attached hydrogens (tertiary/aromatic N) is 3. The second-order valence-electron chi connectivity index (χ2n) is 6.13. The van der Waals surface area contributed by atoms with Gasteiger partial charge in [0.15, 0.2) is 0 Å². The number of hydrogen-bond acceptors (Lipinski definition) is 5. The van der Waals surface area contributed by atoms with Crippen molar-refractivity contribution in [3.8, 4) is 11.4 Å². The number of rotatable bonds is 6. The van der Waals surface area contributed by atoms with Crippen LogP contribution >= 0.6 is 11.6 Å². The lowest BCUT2D eigenvalue weighted by Crippen LogP contribution is -2.34. The number of hydrogen-bond donors (Lipinski definition) is 1. The van der Waals surface area contributed by atoms with Gasteiger partial charge in [-0.1, -0.05) is 16.8 Å². The third kappa shape index (κ3) is 4.53. The highest BCUT2D eigenvalue weighted by Crippen LogP contribution is 2.22. The number of halogens is 1. The summed E-state index contributed by atoms with van der Waals surface area (Å²) in [6.45, 7) is 4.05. The summed E-state index contributed by atoms with van der Waals surface area (Å²) in [5, 5.41) is 8.01. The minimum atomic E-state index is 0.626. The lowest BCUT2D eigenvalue weighted by molar-refractivity contribution is 0.155. The van der Waals surface area contributed by atoms with Crippen molar-refractivity contribution in [2.24, 2.45) is 5.92 Å². The first kappa shape index (κ1) is 16.4. The van der Waals surface area contributed by atoms with Gasteiger partial charge in [0.25, 0.3) is 0 Å². The van der Waals surface area contributed by atoms with Crippen molar-refractivity contribution < 1.29 is 4.52 Å². The van der Waals surface area contributed by atoms with E-state index in [-0.39, 0.29) is 0 Å². The SMILES string of the molecule is CNCCC1CCN(Cc2nc(-c3ccc(Cl)cc3)no2)CC1. The van der Waals surface area contributed by atoms with E-state index in [0.29, 0.717) is 16.7 Å². The van der Waals surface area contributed by atoms with E-state index in [4.69, 9.17) is 16.1 Å². The fourth-order valence-corrected chi connectivity index (χ4v) is 3.13. The van der Waals surface area contributed by atoms with Gasteiger partial charge in [0.05, 0.1) is 6.54 Å². The molecule has 23 heavy (non-hydrogen) atoms. The van der Waals surface area contributed by atoms with Crippen LogP contribution in [0.2, 0.25) is 5.02 Å². The van der Waals surface area contributed by atoms with Gasteiger partial charge in [0, 0.05) is 10.6 Å². The van der Waals surface area contributed by atoms with Gasteiger partial charge in [-0.2, -0.15) is 4.98 Å². The van der Waals surface area contributed by atoms with Gasteiger partial charge in [0.2, 0.25) is 11.7 Å². The van der Waals surface area contributed by atoms with Crippen LogP contribution in [0.25, 0.3) is 11.4 Å². The highest BCUT2D eigenvalue weighted by atomic mass is 35.5. The molecule has 1 saturated heterocycles. The Labute approximate surface area is 142 Å². The van der Waals surface area contributed by atoms with Crippen molar-refractivity contribution in [2.75, 3.05) is 26.7 Å². The van der Waals surface area contributed by atoms with Crippen LogP contribution in [0.3, 0.4) is 0 Å². The molecule has 0 radical (unpaired) electrons. The van der Waals surface area contributed by atoms with Crippen LogP contribution in [-0.4, -0.2) is 41.7 Å². The number of piperidine rings is 1. The van der Waals surface area contributed by atoms with E-state index in [1.165, 1.54) is 19.3 Å². The smallest absolute Gasteiger partial charge is 0.241 e. The standard InChI is InChI=1S/C17H23ClN4O/c1-19-9-6-13-7-10-22(11-8-13)12-16-20-17(21-23-16)14-2-4-15(18)5-3-14/h2-5,13,19H,6-12H2,1H3. The molecule has 2 heterocycles. The predicted octanol–water partition coefficient (Wildman–Crippen LogP) is 3.21. The van der Waals surface area contributed by atoms with Gasteiger partial charge < -0.3 is 9.84 Å². The highest BCUT2D eigenvalue weighted by Gasteiger charge is 2.20. The van der Waals surface area contributed by atoms with E-state index in [1.807, 2.05) is 31.3 Å². The number of benzene rings is 1. The Bertz CT molecular complexity index is 605. The first-order chi connectivity index (χ1) is 11.2. The maximum Gasteiger partial charge on any atom is 0.241 e. The average molecular weight is 335 g/mol. The predicted molar refractivity (Wildman–Crippen MR) is 91.3 cm³/mol. The monoisotopic (exact) mass is 334 g/mol. The Kier molecular flexibility index (Phi) is 5.65. The molecule has 0 aliphatic carbocycles. The maximum atomic E-state index is 5.90. The van der Waals surface area contributed by atoms with Crippen molar-refractivity contribution >= 4 is 11.6 Å². The second kappa shape index (κ2) is 7.90. The fourth-order valence-electron chi connectivity index (χ4n) is 3.01. The molecular weight excluding hydrogens is 312 g/mol. The quantitative estimate of drug-likeness (QED) is 0.879. The normalized spacial score (nSPS) is 16.8. The van der Waals surface area contributed by atoms with Gasteiger partial charge in [-0.15, -0.1) is 0 Å². The van der Waals surface area contributed by atoms with Gasteiger partial charge in [-0.3, -0.25) is 4.90 Å². The molecule has 1 N–H and O–H groups in total. The molecule has 0 unspecified atom stereocenters. The third-order valence-electron chi connectivity index (χ3n) is 4.44. The Morgan fingerprint density at radius 1 is 1.26 bits per heavy atom. The van der Waals surface area contributed by atoms with Gasteiger partial charge >= 0.3 is 0 Å². The Morgan fingerprint density at radius 3 is 2.70 bits per heavy atom. The maximum absolute atomic E-state index is 5.90. The van der Waals surface area contributed by atoms with E-state index in [0.717, 1.165) is 37.7 Å². The summed E-state index contributed by atoms with van der Waals surface area (Å²) in [6, 6.07) is 7.49. The van der Waals surface area contributed by atoms with Crippen molar-refractivity contribution in [1.82, 2.24) is 20.4 Å². The van der Waals surface area contributed by atoms with E-state index >= 15 is 0 Å². The molecule has 0 bridgehead atoms. The molecule has 6 heteroatoms. The zero-order chi connectivity index (χ0) is 16.1. The molecule has 1 aliphatic rings. The Hall–Kier alpha value is -1.43. The van der Waals surface area contributed by atoms with Gasteiger partial charge in [-0.25, -0.2) is 0 Å². The van der Waals surface area contributed by atoms with Gasteiger partial charge in [0.1, 0.15) is 0 Å². The summed E-state index contributed by atoms with van der Waals surface area (Å²) >= 11 is 5.90. The van der Waals surface area contributed by atoms with Crippen LogP contribution in [0.15, 0.2) is 28.8 Å². The largest absolute Gasteiger partial charge is 0.338 e. The first-order valence-electron chi connectivity index (χ1n) is 8.20. The zero-order valence-electron chi connectivity index (χ0n) is 13.5.